The minimum absolute atomic E-state index is 0.0209. The molecule has 1 amide bonds. The number of hydrogen-bond acceptors (Lipinski definition) is 4. The number of rotatable bonds is 5. The summed E-state index contributed by atoms with van der Waals surface area (Å²) >= 11 is 2.93. The molecule has 0 aliphatic rings. The van der Waals surface area contributed by atoms with Gasteiger partial charge in [0.25, 0.3) is 0 Å². The van der Waals surface area contributed by atoms with E-state index in [1.54, 1.807) is 20.8 Å². The largest absolute Gasteiger partial charge is 0.444 e. The fraction of sp³-hybridized carbons (Fsp3) is 0.533. The zero-order valence-corrected chi connectivity index (χ0v) is 14.7. The molecule has 0 heterocycles. The number of amides is 1. The predicted octanol–water partition coefficient (Wildman–Crippen LogP) is 3.04. The molecular formula is C15H20BrF2NO4. The first kappa shape index (κ1) is 19.8. The minimum Gasteiger partial charge on any atom is -0.444 e. The SMILES string of the molecule is CC(C)(C)OC(=O)NCCC(O)C(O)c1c(F)cc(Br)cc1F. The number of carbonyl (C=O) groups is 1. The van der Waals surface area contributed by atoms with Crippen LogP contribution in [0.25, 0.3) is 0 Å². The van der Waals surface area contributed by atoms with Gasteiger partial charge in [-0.3, -0.25) is 0 Å². The highest BCUT2D eigenvalue weighted by atomic mass is 79.9. The number of hydrogen-bond donors (Lipinski definition) is 3. The summed E-state index contributed by atoms with van der Waals surface area (Å²) < 4.78 is 32.6. The predicted molar refractivity (Wildman–Crippen MR) is 83.9 cm³/mol. The lowest BCUT2D eigenvalue weighted by Crippen LogP contribution is -2.34. The Balaban J connectivity index is 2.59. The lowest BCUT2D eigenvalue weighted by atomic mass is 10.0. The van der Waals surface area contributed by atoms with E-state index in [-0.39, 0.29) is 17.4 Å². The summed E-state index contributed by atoms with van der Waals surface area (Å²) in [7, 11) is 0. The van der Waals surface area contributed by atoms with Crippen molar-refractivity contribution in [2.45, 2.75) is 45.0 Å². The van der Waals surface area contributed by atoms with Crippen molar-refractivity contribution < 1.29 is 28.5 Å². The van der Waals surface area contributed by atoms with Crippen molar-refractivity contribution in [3.05, 3.63) is 33.8 Å². The van der Waals surface area contributed by atoms with E-state index in [4.69, 9.17) is 4.74 Å². The van der Waals surface area contributed by atoms with Gasteiger partial charge in [0.05, 0.1) is 11.7 Å². The Morgan fingerprint density at radius 3 is 2.30 bits per heavy atom. The lowest BCUT2D eigenvalue weighted by Gasteiger charge is -2.21. The molecule has 0 bridgehead atoms. The van der Waals surface area contributed by atoms with Crippen LogP contribution in [0, 0.1) is 11.6 Å². The van der Waals surface area contributed by atoms with Crippen LogP contribution in [-0.4, -0.2) is 34.6 Å². The van der Waals surface area contributed by atoms with E-state index in [0.717, 1.165) is 12.1 Å². The molecule has 3 N–H and O–H groups in total. The maximum Gasteiger partial charge on any atom is 0.407 e. The number of halogens is 3. The number of carbonyl (C=O) groups excluding carboxylic acids is 1. The number of benzene rings is 1. The van der Waals surface area contributed by atoms with Crippen LogP contribution in [-0.2, 0) is 4.74 Å². The molecule has 0 spiro atoms. The molecule has 1 aromatic rings. The smallest absolute Gasteiger partial charge is 0.407 e. The summed E-state index contributed by atoms with van der Waals surface area (Å²) in [6, 6.07) is 1.99. The topological polar surface area (TPSA) is 78.8 Å². The molecule has 0 aliphatic carbocycles. The second-order valence-corrected chi connectivity index (χ2v) is 6.93. The van der Waals surface area contributed by atoms with Crippen LogP contribution in [0.5, 0.6) is 0 Å². The Morgan fingerprint density at radius 1 is 1.30 bits per heavy atom. The summed E-state index contributed by atoms with van der Waals surface area (Å²) in [6.07, 6.45) is -3.98. The molecule has 1 aromatic carbocycles. The van der Waals surface area contributed by atoms with Crippen LogP contribution in [0.15, 0.2) is 16.6 Å². The average molecular weight is 396 g/mol. The van der Waals surface area contributed by atoms with E-state index in [1.807, 2.05) is 0 Å². The van der Waals surface area contributed by atoms with Gasteiger partial charge in [-0.05, 0) is 39.3 Å². The van der Waals surface area contributed by atoms with Crippen LogP contribution in [0.1, 0.15) is 38.9 Å². The lowest BCUT2D eigenvalue weighted by molar-refractivity contribution is 0.00827. The third-order valence-corrected chi connectivity index (χ3v) is 3.27. The zero-order chi connectivity index (χ0) is 17.8. The molecule has 1 rings (SSSR count). The van der Waals surface area contributed by atoms with Crippen LogP contribution in [0.3, 0.4) is 0 Å². The normalized spacial score (nSPS) is 14.3. The van der Waals surface area contributed by atoms with Gasteiger partial charge in [0.2, 0.25) is 0 Å². The van der Waals surface area contributed by atoms with Gasteiger partial charge in [-0.1, -0.05) is 15.9 Å². The van der Waals surface area contributed by atoms with Gasteiger partial charge in [0.1, 0.15) is 23.3 Å². The fourth-order valence-corrected chi connectivity index (χ4v) is 2.22. The first-order valence-corrected chi connectivity index (χ1v) is 7.78. The Morgan fingerprint density at radius 2 is 1.83 bits per heavy atom. The fourth-order valence-electron chi connectivity index (χ4n) is 1.82. The van der Waals surface area contributed by atoms with E-state index < -0.39 is 41.1 Å². The van der Waals surface area contributed by atoms with Gasteiger partial charge in [-0.2, -0.15) is 0 Å². The van der Waals surface area contributed by atoms with Crippen molar-refractivity contribution in [2.24, 2.45) is 0 Å². The average Bonchev–Trinajstić information content (AvgIpc) is 2.34. The van der Waals surface area contributed by atoms with Crippen molar-refractivity contribution in [3.63, 3.8) is 0 Å². The van der Waals surface area contributed by atoms with E-state index in [2.05, 4.69) is 21.2 Å². The Hall–Kier alpha value is -1.25. The second-order valence-electron chi connectivity index (χ2n) is 6.01. The molecule has 130 valence electrons. The maximum atomic E-state index is 13.7. The molecule has 0 aromatic heterocycles. The van der Waals surface area contributed by atoms with E-state index >= 15 is 0 Å². The van der Waals surface area contributed by atoms with E-state index in [0.29, 0.717) is 0 Å². The molecule has 0 fully saturated rings. The van der Waals surface area contributed by atoms with Crippen molar-refractivity contribution in [3.8, 4) is 0 Å². The highest BCUT2D eigenvalue weighted by molar-refractivity contribution is 9.10. The zero-order valence-electron chi connectivity index (χ0n) is 13.1. The first-order chi connectivity index (χ1) is 10.5. The van der Waals surface area contributed by atoms with Gasteiger partial charge in [-0.15, -0.1) is 0 Å². The van der Waals surface area contributed by atoms with Gasteiger partial charge < -0.3 is 20.3 Å². The minimum atomic E-state index is -1.75. The van der Waals surface area contributed by atoms with E-state index in [1.165, 1.54) is 0 Å². The van der Waals surface area contributed by atoms with Gasteiger partial charge >= 0.3 is 6.09 Å². The van der Waals surface area contributed by atoms with Gasteiger partial charge in [0, 0.05) is 11.0 Å². The van der Waals surface area contributed by atoms with Gasteiger partial charge in [-0.25, -0.2) is 13.6 Å². The van der Waals surface area contributed by atoms with Crippen molar-refractivity contribution in [1.29, 1.82) is 0 Å². The Kier molecular flexibility index (Phi) is 6.91. The number of ether oxygens (including phenoxy) is 1. The molecule has 2 unspecified atom stereocenters. The van der Waals surface area contributed by atoms with E-state index in [9.17, 15) is 23.8 Å². The molecule has 2 atom stereocenters. The Labute approximate surface area is 141 Å². The molecule has 0 saturated heterocycles. The number of alkyl carbamates (subject to hydrolysis) is 1. The third kappa shape index (κ3) is 6.40. The van der Waals surface area contributed by atoms with Crippen molar-refractivity contribution in [2.75, 3.05) is 6.54 Å². The molecule has 0 aliphatic heterocycles. The van der Waals surface area contributed by atoms with Crippen molar-refractivity contribution in [1.82, 2.24) is 5.32 Å². The number of nitrogens with one attached hydrogen (secondary N) is 1. The molecule has 0 saturated carbocycles. The van der Waals surface area contributed by atoms with Crippen LogP contribution < -0.4 is 5.32 Å². The van der Waals surface area contributed by atoms with Crippen LogP contribution in [0.4, 0.5) is 13.6 Å². The maximum absolute atomic E-state index is 13.7. The number of aliphatic hydroxyl groups excluding tert-OH is 2. The molecule has 23 heavy (non-hydrogen) atoms. The standard InChI is InChI=1S/C15H20BrF2NO4/c1-15(2,3)23-14(22)19-5-4-11(20)13(21)12-9(17)6-8(16)7-10(12)18/h6-7,11,13,20-21H,4-5H2,1-3H3,(H,19,22). The molecule has 8 heteroatoms. The van der Waals surface area contributed by atoms with Gasteiger partial charge in [0.15, 0.2) is 0 Å². The quantitative estimate of drug-likeness (QED) is 0.715. The summed E-state index contributed by atoms with van der Waals surface area (Å²) in [5, 5.41) is 22.1. The molecular weight excluding hydrogens is 376 g/mol. The third-order valence-electron chi connectivity index (χ3n) is 2.81. The number of aliphatic hydroxyl groups is 2. The van der Waals surface area contributed by atoms with Crippen LogP contribution in [0.2, 0.25) is 0 Å². The monoisotopic (exact) mass is 395 g/mol. The second kappa shape index (κ2) is 8.03. The highest BCUT2D eigenvalue weighted by Gasteiger charge is 2.25. The summed E-state index contributed by atoms with van der Waals surface area (Å²) in [5.41, 5.74) is -1.27. The van der Waals surface area contributed by atoms with Crippen molar-refractivity contribution >= 4 is 22.0 Å². The van der Waals surface area contributed by atoms with Crippen LogP contribution >= 0.6 is 15.9 Å². The summed E-state index contributed by atoms with van der Waals surface area (Å²) in [4.78, 5) is 11.4. The summed E-state index contributed by atoms with van der Waals surface area (Å²) in [6.45, 7) is 5.08. The Bertz CT molecular complexity index is 540. The highest BCUT2D eigenvalue weighted by Crippen LogP contribution is 2.27. The molecule has 5 nitrogen and oxygen atoms in total. The first-order valence-electron chi connectivity index (χ1n) is 6.98. The molecule has 0 radical (unpaired) electrons. The summed E-state index contributed by atoms with van der Waals surface area (Å²) in [5.74, 6) is -1.94.